The number of ketones is 1. The monoisotopic (exact) mass is 324 g/mol. The molecule has 3 atom stereocenters. The van der Waals surface area contributed by atoms with Gasteiger partial charge in [-0.3, -0.25) is 9.79 Å². The highest BCUT2D eigenvalue weighted by atomic mass is 16.5. The van der Waals surface area contributed by atoms with Crippen molar-refractivity contribution in [3.05, 3.63) is 41.1 Å². The number of nitrogens with one attached hydrogen (secondary N) is 1. The molecular formula is C20H24N2O2. The number of Topliss-reactive ketones (excluding diaryl/α,β-unsaturated/α-hetero) is 1. The first-order chi connectivity index (χ1) is 11.7. The molecule has 0 unspecified atom stereocenters. The molecule has 0 aromatic heterocycles. The summed E-state index contributed by atoms with van der Waals surface area (Å²) in [6.45, 7) is 0. The van der Waals surface area contributed by atoms with Crippen LogP contribution in [0, 0.1) is 0 Å². The van der Waals surface area contributed by atoms with Gasteiger partial charge in [0.2, 0.25) is 0 Å². The summed E-state index contributed by atoms with van der Waals surface area (Å²) in [5.74, 6) is 1.31. The summed E-state index contributed by atoms with van der Waals surface area (Å²) >= 11 is 0. The molecular weight excluding hydrogens is 300 g/mol. The molecule has 3 aliphatic rings. The first-order valence-electron chi connectivity index (χ1n) is 8.94. The first kappa shape index (κ1) is 15.4. The van der Waals surface area contributed by atoms with E-state index in [1.54, 1.807) is 7.11 Å². The number of carbonyl (C=O) groups excluding carboxylic acids is 1. The van der Waals surface area contributed by atoms with E-state index in [4.69, 9.17) is 9.73 Å². The fraction of sp³-hybridized carbons (Fsp3) is 0.500. The number of carbonyl (C=O) groups is 1. The van der Waals surface area contributed by atoms with Crippen molar-refractivity contribution < 1.29 is 9.53 Å². The fourth-order valence-corrected chi connectivity index (χ4v) is 4.18. The number of benzene rings is 1. The van der Waals surface area contributed by atoms with Crippen molar-refractivity contribution in [2.45, 2.75) is 56.5 Å². The number of nitrogens with zero attached hydrogens (tertiary/aromatic N) is 1. The zero-order valence-corrected chi connectivity index (χ0v) is 14.1. The summed E-state index contributed by atoms with van der Waals surface area (Å²) in [6, 6.07) is 8.83. The minimum absolute atomic E-state index is 0.215. The van der Waals surface area contributed by atoms with Crippen molar-refractivity contribution in [3.63, 3.8) is 0 Å². The second-order valence-electron chi connectivity index (χ2n) is 7.07. The molecule has 1 aromatic rings. The van der Waals surface area contributed by atoms with Gasteiger partial charge in [-0.1, -0.05) is 25.0 Å². The summed E-state index contributed by atoms with van der Waals surface area (Å²) in [7, 11) is 1.67. The fourth-order valence-electron chi connectivity index (χ4n) is 4.18. The molecule has 4 heteroatoms. The van der Waals surface area contributed by atoms with E-state index in [0.717, 1.165) is 36.3 Å². The average molecular weight is 324 g/mol. The molecule has 4 nitrogen and oxygen atoms in total. The van der Waals surface area contributed by atoms with Gasteiger partial charge in [0.1, 0.15) is 5.75 Å². The van der Waals surface area contributed by atoms with Gasteiger partial charge in [0.15, 0.2) is 5.78 Å². The van der Waals surface area contributed by atoms with E-state index in [1.807, 2.05) is 18.3 Å². The van der Waals surface area contributed by atoms with Crippen molar-refractivity contribution in [1.82, 2.24) is 5.32 Å². The van der Waals surface area contributed by atoms with Gasteiger partial charge < -0.3 is 10.1 Å². The quantitative estimate of drug-likeness (QED) is 0.907. The molecule has 0 saturated heterocycles. The predicted octanol–water partition coefficient (Wildman–Crippen LogP) is 3.38. The van der Waals surface area contributed by atoms with Gasteiger partial charge in [-0.05, 0) is 42.9 Å². The number of methoxy groups -OCH3 is 1. The lowest BCUT2D eigenvalue weighted by Gasteiger charge is -2.32. The Morgan fingerprint density at radius 3 is 2.71 bits per heavy atom. The van der Waals surface area contributed by atoms with E-state index >= 15 is 0 Å². The number of fused-ring (bicyclic) bond motifs is 1. The highest BCUT2D eigenvalue weighted by Crippen LogP contribution is 2.36. The molecule has 1 aromatic carbocycles. The van der Waals surface area contributed by atoms with Gasteiger partial charge in [0, 0.05) is 24.4 Å². The SMILES string of the molecule is COc1ccc([C@@H]2CC(=O)C3=C(C2)N[C@H]2CCCC[C@@H]2N=C3)cc1. The van der Waals surface area contributed by atoms with Crippen LogP contribution in [0.3, 0.4) is 0 Å². The van der Waals surface area contributed by atoms with Gasteiger partial charge in [-0.2, -0.15) is 0 Å². The van der Waals surface area contributed by atoms with Crippen LogP contribution in [-0.4, -0.2) is 31.2 Å². The third-order valence-corrected chi connectivity index (χ3v) is 5.58. The number of hydrogen-bond donors (Lipinski definition) is 1. The van der Waals surface area contributed by atoms with Crippen LogP contribution in [-0.2, 0) is 4.79 Å². The van der Waals surface area contributed by atoms with Crippen LogP contribution in [0.5, 0.6) is 5.75 Å². The average Bonchev–Trinajstić information content (AvgIpc) is 2.81. The van der Waals surface area contributed by atoms with Crippen LogP contribution in [0.4, 0.5) is 0 Å². The highest BCUT2D eigenvalue weighted by molar-refractivity contribution is 6.15. The van der Waals surface area contributed by atoms with Gasteiger partial charge >= 0.3 is 0 Å². The molecule has 4 rings (SSSR count). The van der Waals surface area contributed by atoms with Crippen molar-refractivity contribution >= 4 is 12.0 Å². The standard InChI is InChI=1S/C20H24N2O2/c1-24-15-8-6-13(7-9-15)14-10-19-16(20(23)11-14)12-21-17-4-2-3-5-18(17)22-19/h6-9,12,14,17-18,22H,2-5,10-11H2,1H3/t14-,17-,18-/m0/s1. The predicted molar refractivity (Wildman–Crippen MR) is 94.7 cm³/mol. The van der Waals surface area contributed by atoms with E-state index in [1.165, 1.54) is 18.4 Å². The summed E-state index contributed by atoms with van der Waals surface area (Å²) < 4.78 is 5.23. The molecule has 1 saturated carbocycles. The number of hydrogen-bond acceptors (Lipinski definition) is 4. The van der Waals surface area contributed by atoms with Crippen molar-refractivity contribution in [2.75, 3.05) is 7.11 Å². The molecule has 1 aliphatic heterocycles. The maximum Gasteiger partial charge on any atom is 0.166 e. The molecule has 1 heterocycles. The lowest BCUT2D eigenvalue weighted by Crippen LogP contribution is -2.41. The normalized spacial score (nSPS) is 29.4. The Balaban J connectivity index is 1.58. The molecule has 1 N–H and O–H groups in total. The van der Waals surface area contributed by atoms with Crippen LogP contribution >= 0.6 is 0 Å². The van der Waals surface area contributed by atoms with Crippen molar-refractivity contribution in [1.29, 1.82) is 0 Å². The van der Waals surface area contributed by atoms with Crippen molar-refractivity contribution in [3.8, 4) is 5.75 Å². The molecule has 24 heavy (non-hydrogen) atoms. The second kappa shape index (κ2) is 6.42. The zero-order chi connectivity index (χ0) is 16.5. The first-order valence-corrected chi connectivity index (χ1v) is 8.94. The van der Waals surface area contributed by atoms with Crippen LogP contribution in [0.2, 0.25) is 0 Å². The molecule has 0 amide bonds. The Kier molecular flexibility index (Phi) is 4.13. The minimum atomic E-state index is 0.215. The molecule has 0 spiro atoms. The smallest absolute Gasteiger partial charge is 0.166 e. The summed E-state index contributed by atoms with van der Waals surface area (Å²) in [4.78, 5) is 17.4. The van der Waals surface area contributed by atoms with E-state index in [2.05, 4.69) is 17.4 Å². The maximum absolute atomic E-state index is 12.7. The van der Waals surface area contributed by atoms with Crippen LogP contribution < -0.4 is 10.1 Å². The number of allylic oxidation sites excluding steroid dienone is 2. The largest absolute Gasteiger partial charge is 0.497 e. The highest BCUT2D eigenvalue weighted by Gasteiger charge is 2.33. The van der Waals surface area contributed by atoms with E-state index < -0.39 is 0 Å². The third kappa shape index (κ3) is 2.85. The second-order valence-corrected chi connectivity index (χ2v) is 7.07. The summed E-state index contributed by atoms with van der Waals surface area (Å²) in [5.41, 5.74) is 3.12. The number of rotatable bonds is 2. The third-order valence-electron chi connectivity index (χ3n) is 5.58. The molecule has 0 radical (unpaired) electrons. The molecule has 0 bridgehead atoms. The molecule has 126 valence electrons. The van der Waals surface area contributed by atoms with Crippen LogP contribution in [0.25, 0.3) is 0 Å². The summed E-state index contributed by atoms with van der Waals surface area (Å²) in [6.07, 6.45) is 8.09. The van der Waals surface area contributed by atoms with E-state index in [0.29, 0.717) is 18.5 Å². The number of ether oxygens (including phenoxy) is 1. The Morgan fingerprint density at radius 2 is 1.92 bits per heavy atom. The van der Waals surface area contributed by atoms with Crippen molar-refractivity contribution in [2.24, 2.45) is 4.99 Å². The topological polar surface area (TPSA) is 50.7 Å². The van der Waals surface area contributed by atoms with E-state index in [9.17, 15) is 4.79 Å². The van der Waals surface area contributed by atoms with Crippen LogP contribution in [0.15, 0.2) is 40.5 Å². The van der Waals surface area contributed by atoms with Crippen LogP contribution in [0.1, 0.15) is 50.0 Å². The van der Waals surface area contributed by atoms with Gasteiger partial charge in [0.25, 0.3) is 0 Å². The van der Waals surface area contributed by atoms with Gasteiger partial charge in [-0.15, -0.1) is 0 Å². The zero-order valence-electron chi connectivity index (χ0n) is 14.1. The van der Waals surface area contributed by atoms with Gasteiger partial charge in [0.05, 0.1) is 18.7 Å². The lowest BCUT2D eigenvalue weighted by molar-refractivity contribution is -0.115. The Bertz CT molecular complexity index is 690. The van der Waals surface area contributed by atoms with Gasteiger partial charge in [-0.25, -0.2) is 0 Å². The molecule has 2 aliphatic carbocycles. The molecule has 1 fully saturated rings. The number of aliphatic imine (C=N–C) groups is 1. The Hall–Kier alpha value is -2.10. The maximum atomic E-state index is 12.7. The van der Waals surface area contributed by atoms with E-state index in [-0.39, 0.29) is 11.7 Å². The lowest BCUT2D eigenvalue weighted by atomic mass is 9.81. The summed E-state index contributed by atoms with van der Waals surface area (Å²) in [5, 5.41) is 3.68. The Labute approximate surface area is 143 Å². The minimum Gasteiger partial charge on any atom is -0.497 e. The Morgan fingerprint density at radius 1 is 1.12 bits per heavy atom.